The van der Waals surface area contributed by atoms with Gasteiger partial charge < -0.3 is 29.6 Å². The predicted molar refractivity (Wildman–Crippen MR) is 113 cm³/mol. The van der Waals surface area contributed by atoms with Crippen molar-refractivity contribution >= 4 is 11.7 Å². The molecule has 156 valence electrons. The quantitative estimate of drug-likeness (QED) is 0.733. The van der Waals surface area contributed by atoms with Crippen molar-refractivity contribution in [3.63, 3.8) is 0 Å². The Morgan fingerprint density at radius 3 is 2.86 bits per heavy atom. The van der Waals surface area contributed by atoms with Gasteiger partial charge in [-0.2, -0.15) is 0 Å². The highest BCUT2D eigenvalue weighted by molar-refractivity contribution is 5.74. The minimum absolute atomic E-state index is 0.0182. The Balaban J connectivity index is 1.43. The van der Waals surface area contributed by atoms with Crippen LogP contribution in [0.1, 0.15) is 31.9 Å². The summed E-state index contributed by atoms with van der Waals surface area (Å²) in [5.74, 6) is 0.839. The lowest BCUT2D eigenvalue weighted by molar-refractivity contribution is 0.141. The van der Waals surface area contributed by atoms with E-state index in [-0.39, 0.29) is 11.6 Å². The Hall–Kier alpha value is -2.67. The molecule has 1 saturated heterocycles. The topological polar surface area (TPSA) is 67.8 Å². The summed E-state index contributed by atoms with van der Waals surface area (Å²) in [6, 6.07) is 10.4. The first-order chi connectivity index (χ1) is 14.2. The lowest BCUT2D eigenvalue weighted by atomic mass is 9.82. The first-order valence-electron chi connectivity index (χ1n) is 10.4. The molecule has 0 atom stereocenters. The van der Waals surface area contributed by atoms with Crippen LogP contribution in [0.15, 0.2) is 36.5 Å². The van der Waals surface area contributed by atoms with Gasteiger partial charge in [0.15, 0.2) is 0 Å². The summed E-state index contributed by atoms with van der Waals surface area (Å²) in [6.45, 7) is 5.46. The van der Waals surface area contributed by atoms with E-state index in [1.165, 1.54) is 5.69 Å². The summed E-state index contributed by atoms with van der Waals surface area (Å²) < 4.78 is 13.0. The number of hydrogen-bond acceptors (Lipinski definition) is 4. The van der Waals surface area contributed by atoms with Crippen LogP contribution in [0.2, 0.25) is 0 Å². The lowest BCUT2D eigenvalue weighted by Gasteiger charge is -2.46. The first-order valence-corrected chi connectivity index (χ1v) is 10.4. The number of amides is 2. The second-order valence-corrected chi connectivity index (χ2v) is 7.62. The van der Waals surface area contributed by atoms with Gasteiger partial charge in [-0.05, 0) is 50.5 Å². The molecule has 2 aromatic rings. The molecule has 7 heteroatoms. The van der Waals surface area contributed by atoms with Crippen molar-refractivity contribution in [2.24, 2.45) is 0 Å². The maximum Gasteiger partial charge on any atom is 0.317 e. The Morgan fingerprint density at radius 1 is 1.28 bits per heavy atom. The molecule has 2 N–H and O–H groups in total. The molecule has 4 rings (SSSR count). The summed E-state index contributed by atoms with van der Waals surface area (Å²) in [5.41, 5.74) is 3.29. The van der Waals surface area contributed by atoms with E-state index in [1.807, 2.05) is 17.9 Å². The summed E-state index contributed by atoms with van der Waals surface area (Å²) in [6.07, 6.45) is 4.67. The number of methoxy groups -OCH3 is 1. The van der Waals surface area contributed by atoms with E-state index in [9.17, 15) is 4.79 Å². The van der Waals surface area contributed by atoms with Crippen molar-refractivity contribution in [3.8, 4) is 11.4 Å². The Kier molecular flexibility index (Phi) is 5.67. The van der Waals surface area contributed by atoms with Crippen LogP contribution in [0.4, 0.5) is 10.5 Å². The molecule has 1 aromatic carbocycles. The normalized spacial score (nSPS) is 16.7. The molecule has 1 aromatic heterocycles. The third-order valence-electron chi connectivity index (χ3n) is 5.93. The summed E-state index contributed by atoms with van der Waals surface area (Å²) >= 11 is 0. The zero-order valence-corrected chi connectivity index (χ0v) is 17.2. The second kappa shape index (κ2) is 8.37. The van der Waals surface area contributed by atoms with Gasteiger partial charge in [0.2, 0.25) is 0 Å². The SMILES string of the molecule is CCOCCCNC(=O)N1CCC2(CC1)Nc1cc(OC)ccc1-n1cccc12. The molecule has 2 aliphatic heterocycles. The number of hydrogen-bond donors (Lipinski definition) is 2. The molecule has 3 heterocycles. The molecule has 1 fully saturated rings. The fourth-order valence-electron chi connectivity index (χ4n) is 4.35. The molecule has 2 aliphatic rings. The summed E-state index contributed by atoms with van der Waals surface area (Å²) in [7, 11) is 1.69. The van der Waals surface area contributed by atoms with Crippen LogP contribution in [0, 0.1) is 0 Å². The fourth-order valence-corrected chi connectivity index (χ4v) is 4.35. The van der Waals surface area contributed by atoms with Gasteiger partial charge in [0.1, 0.15) is 5.75 Å². The predicted octanol–water partition coefficient (Wildman–Crippen LogP) is 3.34. The monoisotopic (exact) mass is 398 g/mol. The molecule has 0 radical (unpaired) electrons. The number of benzene rings is 1. The average molecular weight is 399 g/mol. The van der Waals surface area contributed by atoms with Gasteiger partial charge in [-0.1, -0.05) is 0 Å². The molecule has 0 aliphatic carbocycles. The molecule has 0 unspecified atom stereocenters. The second-order valence-electron chi connectivity index (χ2n) is 7.62. The van der Waals surface area contributed by atoms with Crippen molar-refractivity contribution in [1.29, 1.82) is 0 Å². The van der Waals surface area contributed by atoms with Crippen LogP contribution in [0.3, 0.4) is 0 Å². The average Bonchev–Trinajstić information content (AvgIpc) is 3.25. The largest absolute Gasteiger partial charge is 0.497 e. The molecule has 1 spiro atoms. The smallest absolute Gasteiger partial charge is 0.317 e. The fraction of sp³-hybridized carbons (Fsp3) is 0.500. The highest BCUT2D eigenvalue weighted by Crippen LogP contribution is 2.44. The molecule has 29 heavy (non-hydrogen) atoms. The van der Waals surface area contributed by atoms with Crippen LogP contribution in [-0.2, 0) is 10.3 Å². The Labute approximate surface area is 172 Å². The van der Waals surface area contributed by atoms with Crippen molar-refractivity contribution in [3.05, 3.63) is 42.2 Å². The van der Waals surface area contributed by atoms with E-state index in [1.54, 1.807) is 7.11 Å². The number of aromatic nitrogens is 1. The number of nitrogens with one attached hydrogen (secondary N) is 2. The summed E-state index contributed by atoms with van der Waals surface area (Å²) in [4.78, 5) is 14.4. The third-order valence-corrected chi connectivity index (χ3v) is 5.93. The van der Waals surface area contributed by atoms with Gasteiger partial charge in [0, 0.05) is 50.8 Å². The number of carbonyl (C=O) groups is 1. The molecule has 2 amide bonds. The van der Waals surface area contributed by atoms with Gasteiger partial charge in [-0.25, -0.2) is 4.79 Å². The van der Waals surface area contributed by atoms with Crippen LogP contribution >= 0.6 is 0 Å². The summed E-state index contributed by atoms with van der Waals surface area (Å²) in [5, 5.41) is 6.79. The zero-order chi connectivity index (χ0) is 20.3. The molecule has 0 bridgehead atoms. The minimum Gasteiger partial charge on any atom is -0.497 e. The Bertz CT molecular complexity index is 855. The van der Waals surface area contributed by atoms with Gasteiger partial charge in [0.25, 0.3) is 0 Å². The van der Waals surface area contributed by atoms with Crippen LogP contribution < -0.4 is 15.4 Å². The van der Waals surface area contributed by atoms with E-state index in [0.717, 1.165) is 49.5 Å². The van der Waals surface area contributed by atoms with Gasteiger partial charge >= 0.3 is 6.03 Å². The zero-order valence-electron chi connectivity index (χ0n) is 17.2. The van der Waals surface area contributed by atoms with E-state index in [2.05, 4.69) is 45.7 Å². The highest BCUT2D eigenvalue weighted by Gasteiger charge is 2.42. The van der Waals surface area contributed by atoms with Crippen LogP contribution in [0.25, 0.3) is 5.69 Å². The number of carbonyl (C=O) groups excluding carboxylic acids is 1. The van der Waals surface area contributed by atoms with Crippen LogP contribution in [0.5, 0.6) is 5.75 Å². The molecule has 7 nitrogen and oxygen atoms in total. The van der Waals surface area contributed by atoms with Gasteiger partial charge in [0.05, 0.1) is 24.0 Å². The molecular formula is C22H30N4O3. The van der Waals surface area contributed by atoms with Crippen molar-refractivity contribution in [2.75, 3.05) is 45.3 Å². The number of anilines is 1. The lowest BCUT2D eigenvalue weighted by Crippen LogP contribution is -2.53. The number of piperidine rings is 1. The first kappa shape index (κ1) is 19.6. The molecular weight excluding hydrogens is 368 g/mol. The van der Waals surface area contributed by atoms with Crippen molar-refractivity contribution in [1.82, 2.24) is 14.8 Å². The number of urea groups is 1. The van der Waals surface area contributed by atoms with Crippen molar-refractivity contribution < 1.29 is 14.3 Å². The minimum atomic E-state index is -0.172. The maximum atomic E-state index is 12.5. The number of nitrogens with zero attached hydrogens (tertiary/aromatic N) is 2. The Morgan fingerprint density at radius 2 is 2.10 bits per heavy atom. The number of fused-ring (bicyclic) bond motifs is 4. The number of likely N-dealkylation sites (tertiary alicyclic amines) is 1. The maximum absolute atomic E-state index is 12.5. The van der Waals surface area contributed by atoms with E-state index in [0.29, 0.717) is 19.8 Å². The van der Waals surface area contributed by atoms with E-state index >= 15 is 0 Å². The highest BCUT2D eigenvalue weighted by atomic mass is 16.5. The van der Waals surface area contributed by atoms with Crippen molar-refractivity contribution in [2.45, 2.75) is 31.7 Å². The van der Waals surface area contributed by atoms with Gasteiger partial charge in [-0.3, -0.25) is 0 Å². The third kappa shape index (κ3) is 3.79. The molecule has 0 saturated carbocycles. The van der Waals surface area contributed by atoms with E-state index in [4.69, 9.17) is 9.47 Å². The standard InChI is InChI=1S/C22H30N4O3/c1-3-29-15-5-11-23-21(27)25-13-9-22(10-14-25)20-6-4-12-26(20)19-8-7-17(28-2)16-18(19)24-22/h4,6-8,12,16,24H,3,5,9-11,13-15H2,1-2H3,(H,23,27). The number of rotatable bonds is 6. The van der Waals surface area contributed by atoms with E-state index < -0.39 is 0 Å². The number of ether oxygens (including phenoxy) is 2. The van der Waals surface area contributed by atoms with Crippen LogP contribution in [-0.4, -0.2) is 55.5 Å². The van der Waals surface area contributed by atoms with Gasteiger partial charge in [-0.15, -0.1) is 0 Å².